The van der Waals surface area contributed by atoms with Gasteiger partial charge in [-0.1, -0.05) is 49.2 Å². The van der Waals surface area contributed by atoms with Crippen molar-refractivity contribution in [2.24, 2.45) is 0 Å². The second-order valence-electron chi connectivity index (χ2n) is 4.85. The summed E-state index contributed by atoms with van der Waals surface area (Å²) in [6.45, 7) is 2.76. The third kappa shape index (κ3) is 3.56. The number of para-hydroxylation sites is 1. The van der Waals surface area contributed by atoms with Crippen LogP contribution >= 0.6 is 11.6 Å². The standard InChI is InChI=1S/C17H19ClN2O/c1-2-3-12-20(13-8-5-4-6-9-13)17(21)14-10-7-11-15(19)16(14)18/h4-11H,2-3,12,19H2,1H3. The molecule has 0 atom stereocenters. The number of amides is 1. The van der Waals surface area contributed by atoms with Crippen LogP contribution in [0.1, 0.15) is 30.1 Å². The van der Waals surface area contributed by atoms with Crippen LogP contribution in [-0.4, -0.2) is 12.5 Å². The Kier molecular flexibility index (Phi) is 5.23. The first-order valence-electron chi connectivity index (χ1n) is 7.06. The predicted octanol–water partition coefficient (Wildman–Crippen LogP) is 4.37. The average molecular weight is 303 g/mol. The molecule has 2 rings (SSSR count). The lowest BCUT2D eigenvalue weighted by molar-refractivity contribution is 0.0987. The number of hydrogen-bond donors (Lipinski definition) is 1. The molecule has 0 aliphatic heterocycles. The Morgan fingerprint density at radius 3 is 2.52 bits per heavy atom. The number of unbranched alkanes of at least 4 members (excludes halogenated alkanes) is 1. The number of anilines is 2. The molecule has 2 aromatic rings. The molecular weight excluding hydrogens is 284 g/mol. The van der Waals surface area contributed by atoms with E-state index in [1.54, 1.807) is 23.1 Å². The average Bonchev–Trinajstić information content (AvgIpc) is 2.51. The van der Waals surface area contributed by atoms with E-state index in [1.807, 2.05) is 30.3 Å². The summed E-state index contributed by atoms with van der Waals surface area (Å²) in [5, 5.41) is 0.319. The van der Waals surface area contributed by atoms with Gasteiger partial charge >= 0.3 is 0 Å². The number of nitrogen functional groups attached to an aromatic ring is 1. The minimum atomic E-state index is -0.119. The van der Waals surface area contributed by atoms with Gasteiger partial charge in [0, 0.05) is 12.2 Å². The van der Waals surface area contributed by atoms with Crippen molar-refractivity contribution in [3.63, 3.8) is 0 Å². The van der Waals surface area contributed by atoms with Crippen molar-refractivity contribution >= 4 is 28.9 Å². The molecule has 21 heavy (non-hydrogen) atoms. The Hall–Kier alpha value is -2.00. The number of carbonyl (C=O) groups excluding carboxylic acids is 1. The highest BCUT2D eigenvalue weighted by molar-refractivity contribution is 6.36. The fraction of sp³-hybridized carbons (Fsp3) is 0.235. The molecule has 4 heteroatoms. The normalized spacial score (nSPS) is 10.4. The molecule has 0 aliphatic rings. The molecule has 2 aromatic carbocycles. The van der Waals surface area contributed by atoms with E-state index < -0.39 is 0 Å². The highest BCUT2D eigenvalue weighted by atomic mass is 35.5. The summed E-state index contributed by atoms with van der Waals surface area (Å²) >= 11 is 6.18. The van der Waals surface area contributed by atoms with Crippen LogP contribution < -0.4 is 10.6 Å². The van der Waals surface area contributed by atoms with Gasteiger partial charge in [0.15, 0.2) is 0 Å². The van der Waals surface area contributed by atoms with E-state index in [-0.39, 0.29) is 5.91 Å². The summed E-state index contributed by atoms with van der Waals surface area (Å²) in [7, 11) is 0. The molecule has 0 unspecified atom stereocenters. The topological polar surface area (TPSA) is 46.3 Å². The Balaban J connectivity index is 2.36. The van der Waals surface area contributed by atoms with Gasteiger partial charge in [0.2, 0.25) is 0 Å². The fourth-order valence-electron chi connectivity index (χ4n) is 2.13. The molecule has 0 fully saturated rings. The van der Waals surface area contributed by atoms with Crippen molar-refractivity contribution in [2.45, 2.75) is 19.8 Å². The van der Waals surface area contributed by atoms with Gasteiger partial charge in [-0.3, -0.25) is 4.79 Å². The van der Waals surface area contributed by atoms with E-state index in [9.17, 15) is 4.79 Å². The van der Waals surface area contributed by atoms with Gasteiger partial charge in [-0.15, -0.1) is 0 Å². The molecule has 0 aromatic heterocycles. The zero-order chi connectivity index (χ0) is 15.2. The van der Waals surface area contributed by atoms with Crippen LogP contribution in [0.4, 0.5) is 11.4 Å². The van der Waals surface area contributed by atoms with Crippen LogP contribution in [0.3, 0.4) is 0 Å². The quantitative estimate of drug-likeness (QED) is 0.834. The Morgan fingerprint density at radius 2 is 1.86 bits per heavy atom. The number of halogens is 1. The first-order valence-corrected chi connectivity index (χ1v) is 7.43. The summed E-state index contributed by atoms with van der Waals surface area (Å²) in [6, 6.07) is 14.8. The second kappa shape index (κ2) is 7.14. The smallest absolute Gasteiger partial charge is 0.259 e. The monoisotopic (exact) mass is 302 g/mol. The molecule has 0 aliphatic carbocycles. The maximum absolute atomic E-state index is 12.8. The van der Waals surface area contributed by atoms with Crippen molar-refractivity contribution in [3.05, 3.63) is 59.1 Å². The molecule has 0 radical (unpaired) electrons. The number of nitrogens with zero attached hydrogens (tertiary/aromatic N) is 1. The zero-order valence-corrected chi connectivity index (χ0v) is 12.8. The molecule has 0 saturated carbocycles. The van der Waals surface area contributed by atoms with Gasteiger partial charge < -0.3 is 10.6 Å². The summed E-state index contributed by atoms with van der Waals surface area (Å²) in [5.74, 6) is -0.119. The van der Waals surface area contributed by atoms with Crippen LogP contribution in [0.2, 0.25) is 5.02 Å². The molecule has 0 bridgehead atoms. The van der Waals surface area contributed by atoms with Crippen LogP contribution in [0.15, 0.2) is 48.5 Å². The van der Waals surface area contributed by atoms with Crippen molar-refractivity contribution in [3.8, 4) is 0 Å². The Morgan fingerprint density at radius 1 is 1.14 bits per heavy atom. The largest absolute Gasteiger partial charge is 0.398 e. The third-order valence-electron chi connectivity index (χ3n) is 3.31. The van der Waals surface area contributed by atoms with Crippen LogP contribution in [0.5, 0.6) is 0 Å². The van der Waals surface area contributed by atoms with Gasteiger partial charge in [0.25, 0.3) is 5.91 Å². The summed E-state index contributed by atoms with van der Waals surface area (Å²) in [5.41, 5.74) is 7.53. The first kappa shape index (κ1) is 15.4. The van der Waals surface area contributed by atoms with Crippen molar-refractivity contribution in [1.29, 1.82) is 0 Å². The fourth-order valence-corrected chi connectivity index (χ4v) is 2.34. The molecular formula is C17H19ClN2O. The molecule has 0 saturated heterocycles. The SMILES string of the molecule is CCCCN(C(=O)c1cccc(N)c1Cl)c1ccccc1. The Bertz CT molecular complexity index is 613. The number of benzene rings is 2. The molecule has 110 valence electrons. The molecule has 0 heterocycles. The molecule has 3 nitrogen and oxygen atoms in total. The van der Waals surface area contributed by atoms with Crippen molar-refractivity contribution in [1.82, 2.24) is 0 Å². The predicted molar refractivity (Wildman–Crippen MR) is 88.9 cm³/mol. The lowest BCUT2D eigenvalue weighted by atomic mass is 10.1. The number of nitrogens with two attached hydrogens (primary N) is 1. The van der Waals surface area contributed by atoms with Crippen LogP contribution in [0, 0.1) is 0 Å². The Labute approximate surface area is 130 Å². The van der Waals surface area contributed by atoms with E-state index in [1.165, 1.54) is 0 Å². The van der Waals surface area contributed by atoms with Gasteiger partial charge in [-0.05, 0) is 30.7 Å². The molecule has 1 amide bonds. The van der Waals surface area contributed by atoms with Gasteiger partial charge in [-0.25, -0.2) is 0 Å². The summed E-state index contributed by atoms with van der Waals surface area (Å²) in [6.07, 6.45) is 1.95. The molecule has 0 spiro atoms. The van der Waals surface area contributed by atoms with E-state index in [4.69, 9.17) is 17.3 Å². The van der Waals surface area contributed by atoms with E-state index in [2.05, 4.69) is 6.92 Å². The van der Waals surface area contributed by atoms with Crippen LogP contribution in [0.25, 0.3) is 0 Å². The molecule has 2 N–H and O–H groups in total. The maximum atomic E-state index is 12.8. The summed E-state index contributed by atoms with van der Waals surface area (Å²) in [4.78, 5) is 14.6. The lowest BCUT2D eigenvalue weighted by Crippen LogP contribution is -2.32. The third-order valence-corrected chi connectivity index (χ3v) is 3.73. The van der Waals surface area contributed by atoms with Crippen molar-refractivity contribution < 1.29 is 4.79 Å². The second-order valence-corrected chi connectivity index (χ2v) is 5.23. The minimum Gasteiger partial charge on any atom is -0.398 e. The maximum Gasteiger partial charge on any atom is 0.259 e. The number of carbonyl (C=O) groups is 1. The van der Waals surface area contributed by atoms with Crippen LogP contribution in [-0.2, 0) is 0 Å². The summed E-state index contributed by atoms with van der Waals surface area (Å²) < 4.78 is 0. The van der Waals surface area contributed by atoms with Crippen molar-refractivity contribution in [2.75, 3.05) is 17.2 Å². The van der Waals surface area contributed by atoms with E-state index >= 15 is 0 Å². The van der Waals surface area contributed by atoms with Gasteiger partial charge in [-0.2, -0.15) is 0 Å². The lowest BCUT2D eigenvalue weighted by Gasteiger charge is -2.23. The highest BCUT2D eigenvalue weighted by Gasteiger charge is 2.20. The minimum absolute atomic E-state index is 0.119. The number of rotatable bonds is 5. The van der Waals surface area contributed by atoms with E-state index in [0.717, 1.165) is 18.5 Å². The van der Waals surface area contributed by atoms with E-state index in [0.29, 0.717) is 22.8 Å². The number of hydrogen-bond acceptors (Lipinski definition) is 2. The van der Waals surface area contributed by atoms with Gasteiger partial charge in [0.05, 0.1) is 16.3 Å². The van der Waals surface area contributed by atoms with Gasteiger partial charge in [0.1, 0.15) is 0 Å². The first-order chi connectivity index (χ1) is 10.1. The highest BCUT2D eigenvalue weighted by Crippen LogP contribution is 2.26. The zero-order valence-electron chi connectivity index (χ0n) is 12.1.